The molecule has 0 aliphatic carbocycles. The van der Waals surface area contributed by atoms with Crippen LogP contribution in [0.4, 0.5) is 0 Å². The second kappa shape index (κ2) is 10.1. The van der Waals surface area contributed by atoms with E-state index in [0.717, 1.165) is 0 Å². The van der Waals surface area contributed by atoms with Crippen molar-refractivity contribution in [1.82, 2.24) is 0 Å². The first-order valence-electron chi connectivity index (χ1n) is 6.38. The van der Waals surface area contributed by atoms with Crippen molar-refractivity contribution in [3.05, 3.63) is 0 Å². The quantitative estimate of drug-likeness (QED) is 0.710. The van der Waals surface area contributed by atoms with E-state index < -0.39 is 32.0 Å². The summed E-state index contributed by atoms with van der Waals surface area (Å²) in [7, 11) is -2.18. The number of hydrogen-bond acceptors (Lipinski definition) is 6. The summed E-state index contributed by atoms with van der Waals surface area (Å²) in [6.07, 6.45) is 0. The highest BCUT2D eigenvalue weighted by Gasteiger charge is 2.14. The van der Waals surface area contributed by atoms with Crippen molar-refractivity contribution in [3.63, 3.8) is 0 Å². The van der Waals surface area contributed by atoms with E-state index >= 15 is 0 Å². The molecule has 0 aromatic rings. The van der Waals surface area contributed by atoms with E-state index in [9.17, 15) is 9.59 Å². The molecule has 0 radical (unpaired) electrons. The van der Waals surface area contributed by atoms with Gasteiger partial charge in [-0.15, -0.1) is 0 Å². The van der Waals surface area contributed by atoms with Crippen molar-refractivity contribution in [1.29, 1.82) is 0 Å². The zero-order valence-corrected chi connectivity index (χ0v) is 16.7. The fourth-order valence-electron chi connectivity index (χ4n) is 0.578. The molecule has 0 aliphatic rings. The van der Waals surface area contributed by atoms with E-state index in [1.54, 1.807) is 0 Å². The lowest BCUT2D eigenvalue weighted by atomic mass is 10.2. The Balaban J connectivity index is 0. The highest BCUT2D eigenvalue weighted by molar-refractivity contribution is 6.25. The summed E-state index contributed by atoms with van der Waals surface area (Å²) in [5.74, 6) is -0.800. The third-order valence-electron chi connectivity index (χ3n) is 1.51. The molecule has 0 heterocycles. The molecule has 0 saturated carbocycles. The Bertz CT molecular complexity index is 265. The zero-order valence-electron chi connectivity index (χ0n) is 13.9. The predicted octanol–water partition coefficient (Wildman–Crippen LogP) is 0.727. The van der Waals surface area contributed by atoms with Crippen molar-refractivity contribution < 1.29 is 27.3 Å². The van der Waals surface area contributed by atoms with E-state index in [0.29, 0.717) is 0 Å². The number of carbonyl (C=O) groups is 2. The lowest BCUT2D eigenvalue weighted by molar-refractivity contribution is -0.136. The van der Waals surface area contributed by atoms with Crippen LogP contribution in [0, 0.1) is 0 Å². The second-order valence-electron chi connectivity index (χ2n) is 6.02. The van der Waals surface area contributed by atoms with E-state index in [-0.39, 0.29) is 11.2 Å². The molecule has 0 fully saturated rings. The Labute approximate surface area is 126 Å². The van der Waals surface area contributed by atoms with Gasteiger partial charge in [-0.3, -0.25) is 9.59 Å². The lowest BCUT2D eigenvalue weighted by Crippen LogP contribution is -2.29. The maximum Gasteiger partial charge on any atom is 0.431 e. The van der Waals surface area contributed by atoms with Crippen LogP contribution in [0.1, 0.15) is 55.4 Å². The Morgan fingerprint density at radius 1 is 0.700 bits per heavy atom. The van der Waals surface area contributed by atoms with Gasteiger partial charge in [0.15, 0.2) is 0 Å². The zero-order chi connectivity index (χ0) is 16.4. The molecule has 0 unspecified atom stereocenters. The van der Waals surface area contributed by atoms with Gasteiger partial charge >= 0.3 is 20.0 Å². The summed E-state index contributed by atoms with van der Waals surface area (Å²) >= 11 is 0. The van der Waals surface area contributed by atoms with Gasteiger partial charge in [0.2, 0.25) is 0 Å². The third kappa shape index (κ3) is 26.0. The van der Waals surface area contributed by atoms with Crippen molar-refractivity contribution in [2.75, 3.05) is 0 Å². The van der Waals surface area contributed by atoms with Gasteiger partial charge < -0.3 is 17.7 Å². The van der Waals surface area contributed by atoms with Crippen LogP contribution >= 0.6 is 0 Å². The first-order valence-corrected chi connectivity index (χ1v) is 8.69. The van der Waals surface area contributed by atoms with Crippen LogP contribution in [0.15, 0.2) is 0 Å². The second-order valence-corrected chi connectivity index (χ2v) is 7.65. The summed E-state index contributed by atoms with van der Waals surface area (Å²) in [6, 6.07) is 0. The average molecular weight is 325 g/mol. The molecule has 0 aromatic heterocycles. The third-order valence-corrected chi connectivity index (χ3v) is 4.52. The highest BCUT2D eigenvalue weighted by Crippen LogP contribution is 2.09. The molecule has 0 rings (SSSR count). The Kier molecular flexibility index (Phi) is 10.9. The number of rotatable bonds is 4. The summed E-state index contributed by atoms with van der Waals surface area (Å²) in [4.78, 5) is 20.1. The minimum atomic E-state index is -1.38. The number of carbonyl (C=O) groups excluding carboxylic acids is 2. The predicted molar refractivity (Wildman–Crippen MR) is 82.3 cm³/mol. The van der Waals surface area contributed by atoms with Gasteiger partial charge in [0, 0.05) is 25.0 Å². The van der Waals surface area contributed by atoms with Crippen LogP contribution in [-0.4, -0.2) is 43.2 Å². The fourth-order valence-corrected chi connectivity index (χ4v) is 1.74. The molecule has 120 valence electrons. The topological polar surface area (TPSA) is 71.1 Å². The van der Waals surface area contributed by atoms with Crippen LogP contribution < -0.4 is 0 Å². The molecule has 0 bridgehead atoms. The molecule has 8 heteroatoms. The smallest absolute Gasteiger partial charge is 0.431 e. The van der Waals surface area contributed by atoms with Crippen LogP contribution in [0.3, 0.4) is 0 Å². The molecule has 0 atom stereocenters. The molecule has 6 nitrogen and oxygen atoms in total. The largest absolute Gasteiger partial charge is 0.490 e. The van der Waals surface area contributed by atoms with E-state index in [2.05, 4.69) is 8.85 Å². The van der Waals surface area contributed by atoms with Crippen molar-refractivity contribution in [2.45, 2.75) is 66.6 Å². The minimum absolute atomic E-state index is 0.0442. The first-order chi connectivity index (χ1) is 8.83. The van der Waals surface area contributed by atoms with Crippen molar-refractivity contribution in [3.8, 4) is 0 Å². The molecule has 0 N–H and O–H groups in total. The van der Waals surface area contributed by atoms with Gasteiger partial charge in [-0.05, 0) is 41.5 Å². The molecular formula is C12H28O6Si2. The normalized spacial score (nSPS) is 11.2. The van der Waals surface area contributed by atoms with Gasteiger partial charge in [0.25, 0.3) is 11.9 Å². The molecule has 0 aromatic carbocycles. The Hall–Kier alpha value is -0.706. The molecule has 0 amide bonds. The van der Waals surface area contributed by atoms with Crippen LogP contribution in [-0.2, 0) is 27.3 Å². The van der Waals surface area contributed by atoms with E-state index in [4.69, 9.17) is 8.85 Å². The Morgan fingerprint density at radius 3 is 1.20 bits per heavy atom. The fraction of sp³-hybridized carbons (Fsp3) is 0.833. The molecule has 20 heavy (non-hydrogen) atoms. The monoisotopic (exact) mass is 324 g/mol. The van der Waals surface area contributed by atoms with E-state index in [1.807, 2.05) is 41.5 Å². The maximum absolute atomic E-state index is 10.0. The lowest BCUT2D eigenvalue weighted by Gasteiger charge is -2.24. The summed E-state index contributed by atoms with van der Waals surface area (Å²) in [5.41, 5.74) is -0.0883. The van der Waals surface area contributed by atoms with Gasteiger partial charge in [-0.25, -0.2) is 0 Å². The van der Waals surface area contributed by atoms with Gasteiger partial charge in [-0.2, -0.15) is 0 Å². The minimum Gasteiger partial charge on any atom is -0.490 e. The van der Waals surface area contributed by atoms with Gasteiger partial charge in [0.1, 0.15) is 0 Å². The van der Waals surface area contributed by atoms with Gasteiger partial charge in [-0.1, -0.05) is 0 Å². The van der Waals surface area contributed by atoms with Crippen LogP contribution in [0.25, 0.3) is 0 Å². The SMILES string of the molecule is CC(=O)O[SiH2]OC(C)=O.CC(C)(C)O[SiH2]OC(C)(C)C. The summed E-state index contributed by atoms with van der Waals surface area (Å²) in [6.45, 7) is 14.8. The van der Waals surface area contributed by atoms with Crippen molar-refractivity contribution >= 4 is 32.0 Å². The maximum atomic E-state index is 10.0. The first kappa shape index (κ1) is 21.6. The standard InChI is InChI=1S/C8H20O2Si.C4H8O4Si/c1-7(2,3)9-11-10-8(4,5)6;1-3(5)7-9-8-4(2)6/h11H2,1-6H3;9H2,1-2H3. The van der Waals surface area contributed by atoms with Crippen LogP contribution in [0.5, 0.6) is 0 Å². The Morgan fingerprint density at radius 2 is 1.00 bits per heavy atom. The average Bonchev–Trinajstić information content (AvgIpc) is 2.12. The summed E-state index contributed by atoms with van der Waals surface area (Å²) < 4.78 is 19.9. The molecule has 0 spiro atoms. The van der Waals surface area contributed by atoms with Gasteiger partial charge in [0.05, 0.1) is 0 Å². The highest BCUT2D eigenvalue weighted by atomic mass is 28.3. The molecule has 0 aliphatic heterocycles. The van der Waals surface area contributed by atoms with E-state index in [1.165, 1.54) is 13.8 Å². The molecule has 0 saturated heterocycles. The summed E-state index contributed by atoms with van der Waals surface area (Å²) in [5, 5.41) is 0. The molecular weight excluding hydrogens is 296 g/mol. The number of hydrogen-bond donors (Lipinski definition) is 0. The van der Waals surface area contributed by atoms with Crippen molar-refractivity contribution in [2.24, 2.45) is 0 Å². The van der Waals surface area contributed by atoms with Crippen LogP contribution in [0.2, 0.25) is 0 Å².